The van der Waals surface area contributed by atoms with Crippen LogP contribution in [0.1, 0.15) is 12.5 Å². The number of hydrogen-bond acceptors (Lipinski definition) is 2. The van der Waals surface area contributed by atoms with Crippen molar-refractivity contribution in [1.82, 2.24) is 0 Å². The summed E-state index contributed by atoms with van der Waals surface area (Å²) in [6.45, 7) is 2.16. The molecule has 0 fully saturated rings. The number of nitrogens with two attached hydrogens (primary N) is 2. The molecular weight excluding hydrogens is 188 g/mol. The molecule has 5 heteroatoms. The van der Waals surface area contributed by atoms with Gasteiger partial charge in [-0.1, -0.05) is 37.3 Å². The number of rotatable bonds is 1. The quantitative estimate of drug-likeness (QED) is 0.690. The molecule has 0 bridgehead atoms. The van der Waals surface area contributed by atoms with Crippen LogP contribution in [-0.2, 0) is 16.6 Å². The largest absolute Gasteiger partial charge is 0.271 e. The molecule has 0 saturated carbocycles. The topological polar surface area (TPSA) is 86.2 Å². The molecule has 0 aromatic heterocycles. The maximum Gasteiger partial charge on any atom is 0.271 e. The Morgan fingerprint density at radius 2 is 1.54 bits per heavy atom. The molecule has 0 heterocycles. The van der Waals surface area contributed by atoms with Crippen molar-refractivity contribution in [3.63, 3.8) is 0 Å². The lowest BCUT2D eigenvalue weighted by molar-refractivity contribution is 0.599. The summed E-state index contributed by atoms with van der Waals surface area (Å²) in [5, 5.41) is 8.21. The van der Waals surface area contributed by atoms with E-state index in [4.69, 9.17) is 0 Å². The Labute approximate surface area is 78.7 Å². The first-order valence-electron chi connectivity index (χ1n) is 3.78. The third kappa shape index (κ3) is 11.1. The minimum atomic E-state index is -3.67. The highest BCUT2D eigenvalue weighted by Crippen LogP contribution is 1.96. The predicted octanol–water partition coefficient (Wildman–Crippen LogP) is 0.398. The molecule has 4 N–H and O–H groups in total. The van der Waals surface area contributed by atoms with E-state index in [2.05, 4.69) is 41.5 Å². The smallest absolute Gasteiger partial charge is 0.216 e. The minimum absolute atomic E-state index is 1.14. The minimum Gasteiger partial charge on any atom is -0.216 e. The van der Waals surface area contributed by atoms with Crippen LogP contribution in [0, 0.1) is 0 Å². The molecule has 1 aromatic carbocycles. The lowest BCUT2D eigenvalue weighted by atomic mass is 10.2. The van der Waals surface area contributed by atoms with Gasteiger partial charge in [0.05, 0.1) is 0 Å². The second-order valence-corrected chi connectivity index (χ2v) is 3.61. The highest BCUT2D eigenvalue weighted by molar-refractivity contribution is 7.86. The first-order valence-corrected chi connectivity index (χ1v) is 5.39. The van der Waals surface area contributed by atoms with Crippen molar-refractivity contribution < 1.29 is 8.42 Å². The molecule has 0 aliphatic carbocycles. The van der Waals surface area contributed by atoms with Crippen LogP contribution in [0.5, 0.6) is 0 Å². The van der Waals surface area contributed by atoms with Crippen molar-refractivity contribution >= 4 is 10.2 Å². The monoisotopic (exact) mass is 202 g/mol. The van der Waals surface area contributed by atoms with Crippen LogP contribution < -0.4 is 10.3 Å². The van der Waals surface area contributed by atoms with Gasteiger partial charge >= 0.3 is 0 Å². The molecule has 74 valence electrons. The summed E-state index contributed by atoms with van der Waals surface area (Å²) in [5.74, 6) is 0. The summed E-state index contributed by atoms with van der Waals surface area (Å²) in [4.78, 5) is 0. The van der Waals surface area contributed by atoms with E-state index in [1.807, 2.05) is 6.07 Å². The second kappa shape index (κ2) is 5.69. The summed E-state index contributed by atoms with van der Waals surface area (Å²) >= 11 is 0. The van der Waals surface area contributed by atoms with E-state index in [9.17, 15) is 8.42 Å². The molecule has 0 radical (unpaired) electrons. The van der Waals surface area contributed by atoms with Crippen LogP contribution in [0.2, 0.25) is 0 Å². The fraction of sp³-hybridized carbons (Fsp3) is 0.250. The van der Waals surface area contributed by atoms with Gasteiger partial charge in [-0.25, -0.2) is 10.3 Å². The molecule has 0 atom stereocenters. The zero-order chi connectivity index (χ0) is 10.3. The first kappa shape index (κ1) is 12.1. The zero-order valence-electron chi connectivity index (χ0n) is 7.47. The highest BCUT2D eigenvalue weighted by atomic mass is 32.2. The normalized spacial score (nSPS) is 10.1. The summed E-state index contributed by atoms with van der Waals surface area (Å²) in [5.41, 5.74) is 1.41. The summed E-state index contributed by atoms with van der Waals surface area (Å²) in [7, 11) is -3.67. The van der Waals surface area contributed by atoms with Crippen LogP contribution in [-0.4, -0.2) is 8.42 Å². The average Bonchev–Trinajstić information content (AvgIpc) is 2.03. The lowest BCUT2D eigenvalue weighted by Gasteiger charge is -1.89. The molecule has 0 saturated heterocycles. The van der Waals surface area contributed by atoms with Gasteiger partial charge in [-0.2, -0.15) is 8.42 Å². The van der Waals surface area contributed by atoms with Gasteiger partial charge in [-0.15, -0.1) is 0 Å². The van der Waals surface area contributed by atoms with E-state index in [1.54, 1.807) is 0 Å². The number of benzene rings is 1. The molecule has 1 rings (SSSR count). The Kier molecular flexibility index (Phi) is 5.29. The molecule has 0 aliphatic heterocycles. The Hall–Kier alpha value is -0.910. The SMILES string of the molecule is CCc1ccccc1.NS(N)(=O)=O. The van der Waals surface area contributed by atoms with Crippen LogP contribution in [0.3, 0.4) is 0 Å². The van der Waals surface area contributed by atoms with E-state index in [0.717, 1.165) is 6.42 Å². The van der Waals surface area contributed by atoms with Gasteiger partial charge in [0.1, 0.15) is 0 Å². The standard InChI is InChI=1S/C8H10.H4N2O2S/c1-2-8-6-4-3-5-7-8;1-5(2,3)4/h3-7H,2H2,1H3;(H4,1,2,3,4). The van der Waals surface area contributed by atoms with Crippen molar-refractivity contribution in [3.05, 3.63) is 35.9 Å². The van der Waals surface area contributed by atoms with Gasteiger partial charge in [0.2, 0.25) is 0 Å². The zero-order valence-corrected chi connectivity index (χ0v) is 8.29. The molecule has 0 amide bonds. The summed E-state index contributed by atoms with van der Waals surface area (Å²) < 4.78 is 18.4. The fourth-order valence-electron chi connectivity index (χ4n) is 0.714. The molecule has 0 spiro atoms. The third-order valence-electron chi connectivity index (χ3n) is 1.25. The second-order valence-electron chi connectivity index (χ2n) is 2.43. The van der Waals surface area contributed by atoms with Crippen molar-refractivity contribution in [2.45, 2.75) is 13.3 Å². The van der Waals surface area contributed by atoms with Crippen LogP contribution in [0.25, 0.3) is 0 Å². The lowest BCUT2D eigenvalue weighted by Crippen LogP contribution is -2.21. The van der Waals surface area contributed by atoms with Crippen LogP contribution >= 0.6 is 0 Å². The van der Waals surface area contributed by atoms with Gasteiger partial charge in [0.15, 0.2) is 0 Å². The fourth-order valence-corrected chi connectivity index (χ4v) is 0.714. The maximum absolute atomic E-state index is 9.19. The molecule has 0 aliphatic rings. The average molecular weight is 202 g/mol. The number of aryl methyl sites for hydroxylation is 1. The molecular formula is C8H14N2O2S. The van der Waals surface area contributed by atoms with Gasteiger partial charge in [0, 0.05) is 0 Å². The molecule has 0 unspecified atom stereocenters. The van der Waals surface area contributed by atoms with Crippen molar-refractivity contribution in [2.24, 2.45) is 10.3 Å². The van der Waals surface area contributed by atoms with Crippen molar-refractivity contribution in [3.8, 4) is 0 Å². The molecule has 1 aromatic rings. The molecule has 4 nitrogen and oxygen atoms in total. The van der Waals surface area contributed by atoms with Gasteiger partial charge < -0.3 is 0 Å². The van der Waals surface area contributed by atoms with E-state index in [-0.39, 0.29) is 0 Å². The van der Waals surface area contributed by atoms with Crippen molar-refractivity contribution in [2.75, 3.05) is 0 Å². The summed E-state index contributed by atoms with van der Waals surface area (Å²) in [6, 6.07) is 10.5. The Bertz CT molecular complexity index is 313. The first-order chi connectivity index (χ1) is 5.93. The Balaban J connectivity index is 0.000000252. The Morgan fingerprint density at radius 1 is 1.15 bits per heavy atom. The van der Waals surface area contributed by atoms with Crippen molar-refractivity contribution in [1.29, 1.82) is 0 Å². The molecule has 13 heavy (non-hydrogen) atoms. The third-order valence-corrected chi connectivity index (χ3v) is 1.25. The predicted molar refractivity (Wildman–Crippen MR) is 53.1 cm³/mol. The maximum atomic E-state index is 9.19. The highest BCUT2D eigenvalue weighted by Gasteiger charge is 1.80. The van der Waals surface area contributed by atoms with E-state index < -0.39 is 10.2 Å². The van der Waals surface area contributed by atoms with Crippen LogP contribution in [0.15, 0.2) is 30.3 Å². The Morgan fingerprint density at radius 3 is 1.77 bits per heavy atom. The van der Waals surface area contributed by atoms with Gasteiger partial charge in [0.25, 0.3) is 10.2 Å². The van der Waals surface area contributed by atoms with E-state index in [0.29, 0.717) is 0 Å². The van der Waals surface area contributed by atoms with E-state index >= 15 is 0 Å². The van der Waals surface area contributed by atoms with E-state index in [1.165, 1.54) is 5.56 Å². The van der Waals surface area contributed by atoms with Gasteiger partial charge in [-0.05, 0) is 12.0 Å². The van der Waals surface area contributed by atoms with Crippen LogP contribution in [0.4, 0.5) is 0 Å². The summed E-state index contributed by atoms with van der Waals surface area (Å²) in [6.07, 6.45) is 1.14. The van der Waals surface area contributed by atoms with Gasteiger partial charge in [-0.3, -0.25) is 0 Å². The number of hydrogen-bond donors (Lipinski definition) is 2.